The van der Waals surface area contributed by atoms with Crippen LogP contribution < -0.4 is 0 Å². The molecule has 0 bridgehead atoms. The molecule has 0 heterocycles. The van der Waals surface area contributed by atoms with Gasteiger partial charge in [0.15, 0.2) is 0 Å². The number of rotatable bonds is 7. The third-order valence-corrected chi connectivity index (χ3v) is 5.93. The second-order valence-electron chi connectivity index (χ2n) is 7.94. The van der Waals surface area contributed by atoms with Crippen LogP contribution >= 0.6 is 11.6 Å². The second-order valence-corrected chi connectivity index (χ2v) is 8.21. The van der Waals surface area contributed by atoms with E-state index in [1.165, 1.54) is 64.2 Å². The fourth-order valence-electron chi connectivity index (χ4n) is 3.65. The molecule has 1 rings (SSSR count). The van der Waals surface area contributed by atoms with Crippen LogP contribution in [0.5, 0.6) is 0 Å². The topological polar surface area (TPSA) is 0 Å². The molecule has 114 valence electrons. The molecule has 0 amide bonds. The molecule has 0 unspecified atom stereocenters. The molecule has 0 nitrogen and oxygen atoms in total. The van der Waals surface area contributed by atoms with Gasteiger partial charge in [0.25, 0.3) is 0 Å². The van der Waals surface area contributed by atoms with Crippen LogP contribution in [0.4, 0.5) is 0 Å². The highest BCUT2D eigenvalue weighted by molar-refractivity contribution is 6.18. The molecule has 1 fully saturated rings. The van der Waals surface area contributed by atoms with Crippen molar-refractivity contribution in [3.05, 3.63) is 0 Å². The maximum absolute atomic E-state index is 6.34. The van der Waals surface area contributed by atoms with Crippen molar-refractivity contribution >= 4 is 11.6 Å². The Morgan fingerprint density at radius 3 is 2.05 bits per heavy atom. The largest absolute Gasteiger partial charge is 0.126 e. The van der Waals surface area contributed by atoms with Gasteiger partial charge in [0, 0.05) is 5.88 Å². The van der Waals surface area contributed by atoms with Gasteiger partial charge in [-0.05, 0) is 48.9 Å². The standard InChI is InChI=1S/C18H35Cl/c1-5-6-7-8-9-12-18(15-19)13-10-16(11-14-18)17(2,3)4/h16H,5-15H2,1-4H3. The van der Waals surface area contributed by atoms with E-state index in [-0.39, 0.29) is 0 Å². The zero-order valence-electron chi connectivity index (χ0n) is 13.7. The summed E-state index contributed by atoms with van der Waals surface area (Å²) in [6.07, 6.45) is 13.9. The Bertz CT molecular complexity index is 231. The van der Waals surface area contributed by atoms with Crippen LogP contribution in [-0.4, -0.2) is 5.88 Å². The summed E-state index contributed by atoms with van der Waals surface area (Å²) in [6.45, 7) is 9.48. The van der Waals surface area contributed by atoms with Gasteiger partial charge in [-0.25, -0.2) is 0 Å². The molecule has 1 saturated carbocycles. The molecule has 0 aromatic heterocycles. The van der Waals surface area contributed by atoms with Crippen LogP contribution in [0, 0.1) is 16.7 Å². The van der Waals surface area contributed by atoms with Gasteiger partial charge in [-0.2, -0.15) is 0 Å². The molecular weight excluding hydrogens is 252 g/mol. The lowest BCUT2D eigenvalue weighted by Gasteiger charge is -2.43. The Kier molecular flexibility index (Phi) is 7.22. The van der Waals surface area contributed by atoms with Crippen LogP contribution in [0.2, 0.25) is 0 Å². The highest BCUT2D eigenvalue weighted by Crippen LogP contribution is 2.48. The summed E-state index contributed by atoms with van der Waals surface area (Å²) in [5, 5.41) is 0. The normalized spacial score (nSPS) is 28.6. The van der Waals surface area contributed by atoms with E-state index in [0.717, 1.165) is 11.8 Å². The lowest BCUT2D eigenvalue weighted by molar-refractivity contribution is 0.0937. The van der Waals surface area contributed by atoms with Crippen molar-refractivity contribution in [3.63, 3.8) is 0 Å². The molecule has 0 atom stereocenters. The Morgan fingerprint density at radius 1 is 1.00 bits per heavy atom. The predicted octanol–water partition coefficient (Wildman–Crippen LogP) is 6.81. The number of alkyl halides is 1. The molecule has 1 heteroatoms. The van der Waals surface area contributed by atoms with Crippen LogP contribution in [0.25, 0.3) is 0 Å². The fraction of sp³-hybridized carbons (Fsp3) is 1.00. The monoisotopic (exact) mass is 286 g/mol. The van der Waals surface area contributed by atoms with E-state index in [0.29, 0.717) is 10.8 Å². The molecule has 0 radical (unpaired) electrons. The lowest BCUT2D eigenvalue weighted by atomic mass is 9.63. The van der Waals surface area contributed by atoms with Crippen LogP contribution in [0.1, 0.15) is 91.9 Å². The van der Waals surface area contributed by atoms with E-state index in [4.69, 9.17) is 11.6 Å². The molecule has 1 aliphatic carbocycles. The molecule has 19 heavy (non-hydrogen) atoms. The number of halogens is 1. The third kappa shape index (κ3) is 5.66. The highest BCUT2D eigenvalue weighted by atomic mass is 35.5. The van der Waals surface area contributed by atoms with E-state index in [9.17, 15) is 0 Å². The van der Waals surface area contributed by atoms with Crippen molar-refractivity contribution in [2.24, 2.45) is 16.7 Å². The second kappa shape index (κ2) is 7.91. The zero-order chi connectivity index (χ0) is 14.4. The van der Waals surface area contributed by atoms with E-state index in [1.54, 1.807) is 0 Å². The van der Waals surface area contributed by atoms with Gasteiger partial charge in [0.2, 0.25) is 0 Å². The van der Waals surface area contributed by atoms with E-state index >= 15 is 0 Å². The first-order valence-electron chi connectivity index (χ1n) is 8.49. The van der Waals surface area contributed by atoms with Gasteiger partial charge in [0.05, 0.1) is 0 Å². The molecular formula is C18H35Cl. The predicted molar refractivity (Wildman–Crippen MR) is 87.9 cm³/mol. The number of unbranched alkanes of at least 4 members (excludes halogenated alkanes) is 4. The molecule has 0 aromatic rings. The summed E-state index contributed by atoms with van der Waals surface area (Å²) >= 11 is 6.34. The van der Waals surface area contributed by atoms with Crippen molar-refractivity contribution in [2.75, 3.05) is 5.88 Å². The first kappa shape index (κ1) is 17.3. The maximum Gasteiger partial charge on any atom is 0.0280 e. The Morgan fingerprint density at radius 2 is 1.58 bits per heavy atom. The van der Waals surface area contributed by atoms with Crippen LogP contribution in [0.15, 0.2) is 0 Å². The van der Waals surface area contributed by atoms with Gasteiger partial charge in [-0.15, -0.1) is 11.6 Å². The molecule has 0 N–H and O–H groups in total. The average molecular weight is 287 g/mol. The number of hydrogen-bond donors (Lipinski definition) is 0. The lowest BCUT2D eigenvalue weighted by Crippen LogP contribution is -2.33. The van der Waals surface area contributed by atoms with Crippen molar-refractivity contribution in [2.45, 2.75) is 91.9 Å². The minimum Gasteiger partial charge on any atom is -0.126 e. The Hall–Kier alpha value is 0.290. The minimum absolute atomic E-state index is 0.482. The first-order chi connectivity index (χ1) is 8.93. The maximum atomic E-state index is 6.34. The fourth-order valence-corrected chi connectivity index (χ4v) is 4.05. The summed E-state index contributed by atoms with van der Waals surface area (Å²) in [6, 6.07) is 0. The van der Waals surface area contributed by atoms with Gasteiger partial charge in [-0.1, -0.05) is 59.8 Å². The summed E-state index contributed by atoms with van der Waals surface area (Å²) < 4.78 is 0. The quantitative estimate of drug-likeness (QED) is 0.356. The van der Waals surface area contributed by atoms with Gasteiger partial charge >= 0.3 is 0 Å². The molecule has 0 aliphatic heterocycles. The summed E-state index contributed by atoms with van der Waals surface area (Å²) in [5.74, 6) is 1.79. The van der Waals surface area contributed by atoms with E-state index < -0.39 is 0 Å². The van der Waals surface area contributed by atoms with Gasteiger partial charge in [0.1, 0.15) is 0 Å². The zero-order valence-corrected chi connectivity index (χ0v) is 14.5. The molecule has 0 saturated heterocycles. The first-order valence-corrected chi connectivity index (χ1v) is 9.03. The Labute approximate surface area is 126 Å². The molecule has 0 spiro atoms. The number of hydrogen-bond acceptors (Lipinski definition) is 0. The van der Waals surface area contributed by atoms with Crippen molar-refractivity contribution in [1.82, 2.24) is 0 Å². The summed E-state index contributed by atoms with van der Waals surface area (Å²) in [4.78, 5) is 0. The van der Waals surface area contributed by atoms with Crippen molar-refractivity contribution in [1.29, 1.82) is 0 Å². The third-order valence-electron chi connectivity index (χ3n) is 5.37. The van der Waals surface area contributed by atoms with Crippen LogP contribution in [0.3, 0.4) is 0 Å². The Balaban J connectivity index is 2.34. The highest BCUT2D eigenvalue weighted by Gasteiger charge is 2.37. The average Bonchev–Trinajstić information content (AvgIpc) is 2.38. The van der Waals surface area contributed by atoms with Gasteiger partial charge in [-0.3, -0.25) is 0 Å². The van der Waals surface area contributed by atoms with Crippen LogP contribution in [-0.2, 0) is 0 Å². The minimum atomic E-state index is 0.482. The molecule has 0 aromatic carbocycles. The van der Waals surface area contributed by atoms with Crippen molar-refractivity contribution < 1.29 is 0 Å². The summed E-state index contributed by atoms with van der Waals surface area (Å²) in [7, 11) is 0. The smallest absolute Gasteiger partial charge is 0.0280 e. The van der Waals surface area contributed by atoms with E-state index in [1.807, 2.05) is 0 Å². The molecule has 1 aliphatic rings. The summed E-state index contributed by atoms with van der Waals surface area (Å²) in [5.41, 5.74) is 0.967. The van der Waals surface area contributed by atoms with Crippen molar-refractivity contribution in [3.8, 4) is 0 Å². The van der Waals surface area contributed by atoms with E-state index in [2.05, 4.69) is 27.7 Å². The SMILES string of the molecule is CCCCCCCC1(CCl)CCC(C(C)(C)C)CC1. The van der Waals surface area contributed by atoms with Gasteiger partial charge < -0.3 is 0 Å².